The third kappa shape index (κ3) is 4.06. The third-order valence-electron chi connectivity index (χ3n) is 4.62. The molecule has 3 N–H and O–H groups in total. The van der Waals surface area contributed by atoms with Gasteiger partial charge in [0, 0.05) is 41.3 Å². The largest absolute Gasteiger partial charge is 0.329 e. The van der Waals surface area contributed by atoms with Crippen LogP contribution in [-0.2, 0) is 0 Å². The number of aryl methyl sites for hydroxylation is 1. The van der Waals surface area contributed by atoms with E-state index in [1.54, 1.807) is 24.7 Å². The topological polar surface area (TPSA) is 108 Å². The number of pyridine rings is 3. The fourth-order valence-corrected chi connectivity index (χ4v) is 3.17. The van der Waals surface area contributed by atoms with Gasteiger partial charge in [0.05, 0.1) is 17.3 Å². The molecule has 0 radical (unpaired) electrons. The average molecular weight is 387 g/mol. The van der Waals surface area contributed by atoms with Crippen LogP contribution in [-0.4, -0.2) is 31.2 Å². The number of anilines is 1. The summed E-state index contributed by atoms with van der Waals surface area (Å²) in [4.78, 5) is 25.3. The quantitative estimate of drug-likeness (QED) is 0.480. The van der Waals surface area contributed by atoms with Crippen LogP contribution in [0.15, 0.2) is 55.0 Å². The van der Waals surface area contributed by atoms with Crippen molar-refractivity contribution in [2.75, 3.05) is 5.32 Å². The molecule has 4 rings (SSSR count). The first kappa shape index (κ1) is 18.5. The molecule has 4 aromatic heterocycles. The van der Waals surface area contributed by atoms with Gasteiger partial charge in [0.2, 0.25) is 0 Å². The Labute approximate surface area is 167 Å². The zero-order valence-electron chi connectivity index (χ0n) is 16.2. The number of nitrogens with zero attached hydrogens (tertiary/aromatic N) is 4. The van der Waals surface area contributed by atoms with Gasteiger partial charge in [-0.1, -0.05) is 13.0 Å². The zero-order chi connectivity index (χ0) is 20.2. The lowest BCUT2D eigenvalue weighted by Gasteiger charge is -2.16. The summed E-state index contributed by atoms with van der Waals surface area (Å²) in [6.45, 7) is 3.93. The van der Waals surface area contributed by atoms with Crippen LogP contribution in [0.4, 0.5) is 10.6 Å². The minimum absolute atomic E-state index is 0.173. The van der Waals surface area contributed by atoms with Crippen LogP contribution >= 0.6 is 0 Å². The second-order valence-corrected chi connectivity index (χ2v) is 6.69. The number of rotatable bonds is 5. The minimum Gasteiger partial charge on any atom is -0.329 e. The van der Waals surface area contributed by atoms with Gasteiger partial charge in [-0.2, -0.15) is 5.10 Å². The molecule has 0 aliphatic rings. The zero-order valence-corrected chi connectivity index (χ0v) is 16.2. The molecule has 0 aliphatic carbocycles. The number of hydrogen-bond acceptors (Lipinski definition) is 5. The summed E-state index contributed by atoms with van der Waals surface area (Å²) in [6, 6.07) is 10.8. The number of aromatic amines is 1. The van der Waals surface area contributed by atoms with Gasteiger partial charge >= 0.3 is 6.03 Å². The number of carbonyl (C=O) groups excluding carboxylic acids is 1. The van der Waals surface area contributed by atoms with E-state index in [4.69, 9.17) is 0 Å². The van der Waals surface area contributed by atoms with Gasteiger partial charge in [-0.25, -0.2) is 9.78 Å². The standard InChI is InChI=1S/C21H21N7O/c1-3-16(17-6-4-5-8-23-17)25-21(29)26-19-11-18-15(12-24-19)20(28-27-18)14-7-9-22-13(2)10-14/h4-12,16H,3H2,1-2H3,(H,27,28)(H2,24,25,26,29)/t16-/m1/s1. The summed E-state index contributed by atoms with van der Waals surface area (Å²) in [5.74, 6) is 0.437. The molecule has 2 amide bonds. The van der Waals surface area contributed by atoms with E-state index >= 15 is 0 Å². The van der Waals surface area contributed by atoms with Crippen LogP contribution in [0.1, 0.15) is 30.8 Å². The third-order valence-corrected chi connectivity index (χ3v) is 4.62. The summed E-state index contributed by atoms with van der Waals surface area (Å²) < 4.78 is 0. The van der Waals surface area contributed by atoms with E-state index in [1.165, 1.54) is 0 Å². The van der Waals surface area contributed by atoms with Crippen LogP contribution in [0.5, 0.6) is 0 Å². The summed E-state index contributed by atoms with van der Waals surface area (Å²) in [5, 5.41) is 14.0. The van der Waals surface area contributed by atoms with Gasteiger partial charge in [0.1, 0.15) is 11.5 Å². The first-order valence-corrected chi connectivity index (χ1v) is 9.39. The van der Waals surface area contributed by atoms with Crippen LogP contribution < -0.4 is 10.6 Å². The van der Waals surface area contributed by atoms with E-state index in [0.29, 0.717) is 5.82 Å². The Balaban J connectivity index is 1.51. The van der Waals surface area contributed by atoms with Crippen LogP contribution in [0.25, 0.3) is 22.2 Å². The van der Waals surface area contributed by atoms with Crippen molar-refractivity contribution in [1.29, 1.82) is 0 Å². The Morgan fingerprint density at radius 3 is 2.79 bits per heavy atom. The lowest BCUT2D eigenvalue weighted by atomic mass is 10.1. The molecule has 8 nitrogen and oxygen atoms in total. The molecule has 0 fully saturated rings. The molecule has 0 aromatic carbocycles. The molecule has 4 aromatic rings. The van der Waals surface area contributed by atoms with Crippen molar-refractivity contribution in [1.82, 2.24) is 30.5 Å². The number of hydrogen-bond donors (Lipinski definition) is 3. The normalized spacial score (nSPS) is 11.9. The molecule has 0 saturated heterocycles. The highest BCUT2D eigenvalue weighted by Gasteiger charge is 2.15. The highest BCUT2D eigenvalue weighted by atomic mass is 16.2. The molecule has 0 saturated carbocycles. The number of carbonyl (C=O) groups is 1. The fourth-order valence-electron chi connectivity index (χ4n) is 3.17. The van der Waals surface area contributed by atoms with Gasteiger partial charge in [-0.3, -0.25) is 20.4 Å². The SMILES string of the molecule is CC[C@@H](NC(=O)Nc1cc2[nH]nc(-c3ccnc(C)c3)c2cn1)c1ccccn1. The second kappa shape index (κ2) is 8.05. The molecule has 0 aliphatic heterocycles. The summed E-state index contributed by atoms with van der Waals surface area (Å²) in [7, 11) is 0. The van der Waals surface area contributed by atoms with E-state index in [0.717, 1.165) is 40.0 Å². The molecule has 4 heterocycles. The molecular weight excluding hydrogens is 366 g/mol. The molecule has 0 unspecified atom stereocenters. The van der Waals surface area contributed by atoms with E-state index in [2.05, 4.69) is 35.8 Å². The lowest BCUT2D eigenvalue weighted by Crippen LogP contribution is -2.33. The number of aromatic nitrogens is 5. The molecule has 29 heavy (non-hydrogen) atoms. The fraction of sp³-hybridized carbons (Fsp3) is 0.190. The van der Waals surface area contributed by atoms with Gasteiger partial charge in [0.15, 0.2) is 0 Å². The Morgan fingerprint density at radius 2 is 2.03 bits per heavy atom. The van der Waals surface area contributed by atoms with Crippen molar-refractivity contribution >= 4 is 22.8 Å². The number of amides is 2. The summed E-state index contributed by atoms with van der Waals surface area (Å²) in [6.07, 6.45) is 5.90. The minimum atomic E-state index is -0.334. The Hall–Kier alpha value is -3.81. The molecule has 0 spiro atoms. The van der Waals surface area contributed by atoms with Crippen molar-refractivity contribution in [2.24, 2.45) is 0 Å². The Morgan fingerprint density at radius 1 is 1.14 bits per heavy atom. The highest BCUT2D eigenvalue weighted by Crippen LogP contribution is 2.27. The van der Waals surface area contributed by atoms with Crippen molar-refractivity contribution in [3.05, 3.63) is 66.4 Å². The van der Waals surface area contributed by atoms with E-state index in [9.17, 15) is 4.79 Å². The second-order valence-electron chi connectivity index (χ2n) is 6.69. The van der Waals surface area contributed by atoms with E-state index in [-0.39, 0.29) is 12.1 Å². The molecule has 0 bridgehead atoms. The highest BCUT2D eigenvalue weighted by molar-refractivity contribution is 5.95. The number of fused-ring (bicyclic) bond motifs is 1. The van der Waals surface area contributed by atoms with Gasteiger partial charge in [-0.15, -0.1) is 0 Å². The summed E-state index contributed by atoms with van der Waals surface area (Å²) in [5.41, 5.74) is 4.29. The molecule has 1 atom stereocenters. The van der Waals surface area contributed by atoms with E-state index < -0.39 is 0 Å². The van der Waals surface area contributed by atoms with E-state index in [1.807, 2.05) is 44.2 Å². The smallest absolute Gasteiger partial charge is 0.320 e. The lowest BCUT2D eigenvalue weighted by molar-refractivity contribution is 0.248. The van der Waals surface area contributed by atoms with Crippen molar-refractivity contribution < 1.29 is 4.79 Å². The predicted octanol–water partition coefficient (Wildman–Crippen LogP) is 4.00. The maximum atomic E-state index is 12.4. The maximum Gasteiger partial charge on any atom is 0.320 e. The average Bonchev–Trinajstić information content (AvgIpc) is 3.16. The van der Waals surface area contributed by atoms with Crippen LogP contribution in [0, 0.1) is 6.92 Å². The van der Waals surface area contributed by atoms with Crippen molar-refractivity contribution in [3.8, 4) is 11.3 Å². The van der Waals surface area contributed by atoms with Gasteiger partial charge < -0.3 is 5.32 Å². The van der Waals surface area contributed by atoms with Crippen LogP contribution in [0.3, 0.4) is 0 Å². The summed E-state index contributed by atoms with van der Waals surface area (Å²) >= 11 is 0. The Bertz CT molecular complexity index is 1140. The number of urea groups is 1. The number of H-pyrrole nitrogens is 1. The predicted molar refractivity (Wildman–Crippen MR) is 111 cm³/mol. The molecular formula is C21H21N7O. The maximum absolute atomic E-state index is 12.4. The monoisotopic (exact) mass is 387 g/mol. The first-order chi connectivity index (χ1) is 14.1. The number of nitrogens with one attached hydrogen (secondary N) is 3. The molecule has 8 heteroatoms. The first-order valence-electron chi connectivity index (χ1n) is 9.39. The van der Waals surface area contributed by atoms with Gasteiger partial charge in [0.25, 0.3) is 0 Å². The Kier molecular flexibility index (Phi) is 5.15. The van der Waals surface area contributed by atoms with Gasteiger partial charge in [-0.05, 0) is 37.6 Å². The molecule has 146 valence electrons. The van der Waals surface area contributed by atoms with Crippen molar-refractivity contribution in [2.45, 2.75) is 26.3 Å². The van der Waals surface area contributed by atoms with Crippen molar-refractivity contribution in [3.63, 3.8) is 0 Å². The van der Waals surface area contributed by atoms with Crippen LogP contribution in [0.2, 0.25) is 0 Å².